The van der Waals surface area contributed by atoms with Gasteiger partial charge in [0.15, 0.2) is 0 Å². The summed E-state index contributed by atoms with van der Waals surface area (Å²) in [5.41, 5.74) is -1.25. The number of rotatable bonds is 4. The van der Waals surface area contributed by atoms with Gasteiger partial charge in [0.2, 0.25) is 0 Å². The smallest absolute Gasteiger partial charge is 0.317 e. The molecule has 0 N–H and O–H groups in total. The highest BCUT2D eigenvalue weighted by molar-refractivity contribution is 7.85. The predicted molar refractivity (Wildman–Crippen MR) is 91.7 cm³/mol. The molecule has 1 aromatic carbocycles. The standard InChI is InChI=1S/C19H22O7S/c1-12(20)26-19-9-13-6-14(10-19)8-18(7-13,11-19)17(21)25-15-2-4-16(5-3-15)27(22,23)24/h2-5,13-14H,6-11H2,1H3,(H,22,23,24)/p-1. The highest BCUT2D eigenvalue weighted by Crippen LogP contribution is 2.63. The quantitative estimate of drug-likeness (QED) is 0.439. The van der Waals surface area contributed by atoms with Crippen molar-refractivity contribution in [2.45, 2.75) is 55.9 Å². The van der Waals surface area contributed by atoms with Crippen LogP contribution in [0.4, 0.5) is 0 Å². The van der Waals surface area contributed by atoms with Gasteiger partial charge in [0, 0.05) is 13.3 Å². The second kappa shape index (κ2) is 6.04. The fraction of sp³-hybridized carbons (Fsp3) is 0.579. The van der Waals surface area contributed by atoms with E-state index in [1.807, 2.05) is 0 Å². The maximum Gasteiger partial charge on any atom is 0.317 e. The first-order valence-corrected chi connectivity index (χ1v) is 10.5. The molecule has 4 aliphatic rings. The maximum absolute atomic E-state index is 13.0. The summed E-state index contributed by atoms with van der Waals surface area (Å²) in [4.78, 5) is 24.3. The van der Waals surface area contributed by atoms with Crippen LogP contribution in [0.15, 0.2) is 29.2 Å². The molecule has 0 spiro atoms. The topological polar surface area (TPSA) is 110 Å². The van der Waals surface area contributed by atoms with Crippen LogP contribution in [0.25, 0.3) is 0 Å². The fourth-order valence-corrected chi connectivity index (χ4v) is 6.20. The Balaban J connectivity index is 1.55. The number of hydrogen-bond donors (Lipinski definition) is 0. The SMILES string of the molecule is CC(=O)OC12CC3CC(C1)CC(C(=O)Oc1ccc(S(=O)(=O)[O-])cc1)(C3)C2. The number of ether oxygens (including phenoxy) is 2. The summed E-state index contributed by atoms with van der Waals surface area (Å²) in [5, 5.41) is 0. The molecule has 4 aliphatic carbocycles. The van der Waals surface area contributed by atoms with E-state index in [-0.39, 0.29) is 22.6 Å². The van der Waals surface area contributed by atoms with Gasteiger partial charge < -0.3 is 14.0 Å². The van der Waals surface area contributed by atoms with Crippen LogP contribution >= 0.6 is 0 Å². The van der Waals surface area contributed by atoms with Crippen molar-refractivity contribution >= 4 is 22.1 Å². The van der Waals surface area contributed by atoms with E-state index in [0.29, 0.717) is 18.3 Å². The number of esters is 2. The Morgan fingerprint density at radius 3 is 2.19 bits per heavy atom. The maximum atomic E-state index is 13.0. The minimum absolute atomic E-state index is 0.199. The second-order valence-corrected chi connectivity index (χ2v) is 9.71. The van der Waals surface area contributed by atoms with E-state index < -0.39 is 21.1 Å². The molecule has 27 heavy (non-hydrogen) atoms. The average Bonchev–Trinajstić information content (AvgIpc) is 2.52. The first-order valence-electron chi connectivity index (χ1n) is 9.07. The monoisotopic (exact) mass is 393 g/mol. The largest absolute Gasteiger partial charge is 0.744 e. The molecule has 0 aromatic heterocycles. The van der Waals surface area contributed by atoms with Crippen LogP contribution in [0.5, 0.6) is 5.75 Å². The molecule has 2 unspecified atom stereocenters. The first-order chi connectivity index (χ1) is 12.6. The van der Waals surface area contributed by atoms with Crippen molar-refractivity contribution in [3.8, 4) is 5.75 Å². The molecule has 146 valence electrons. The molecule has 0 heterocycles. The van der Waals surface area contributed by atoms with E-state index in [1.165, 1.54) is 19.1 Å². The molecule has 4 fully saturated rings. The van der Waals surface area contributed by atoms with Crippen LogP contribution in [0, 0.1) is 17.3 Å². The Bertz CT molecular complexity index is 873. The van der Waals surface area contributed by atoms with Gasteiger partial charge in [0.1, 0.15) is 21.5 Å². The van der Waals surface area contributed by atoms with Crippen molar-refractivity contribution < 1.29 is 32.0 Å². The van der Waals surface area contributed by atoms with E-state index in [4.69, 9.17) is 9.47 Å². The highest BCUT2D eigenvalue weighted by Gasteiger charge is 2.63. The molecule has 8 heteroatoms. The summed E-state index contributed by atoms with van der Waals surface area (Å²) in [5.74, 6) is 0.183. The lowest BCUT2D eigenvalue weighted by Gasteiger charge is -2.59. The van der Waals surface area contributed by atoms with Gasteiger partial charge in [0.05, 0.1) is 10.3 Å². The predicted octanol–water partition coefficient (Wildman–Crippen LogP) is 2.40. The number of benzene rings is 1. The number of hydrogen-bond acceptors (Lipinski definition) is 7. The van der Waals surface area contributed by atoms with E-state index in [0.717, 1.165) is 44.2 Å². The molecular weight excluding hydrogens is 372 g/mol. The lowest BCUT2D eigenvalue weighted by Crippen LogP contribution is -2.60. The van der Waals surface area contributed by atoms with Crippen molar-refractivity contribution in [1.29, 1.82) is 0 Å². The first kappa shape index (κ1) is 18.4. The Labute approximate surface area is 157 Å². The summed E-state index contributed by atoms with van der Waals surface area (Å²) >= 11 is 0. The van der Waals surface area contributed by atoms with E-state index >= 15 is 0 Å². The third-order valence-corrected chi connectivity index (χ3v) is 6.97. The lowest BCUT2D eigenvalue weighted by molar-refractivity contribution is -0.207. The van der Waals surface area contributed by atoms with Crippen molar-refractivity contribution in [3.63, 3.8) is 0 Å². The molecule has 4 bridgehead atoms. The Morgan fingerprint density at radius 1 is 1.07 bits per heavy atom. The Kier molecular flexibility index (Phi) is 4.12. The minimum atomic E-state index is -4.54. The van der Waals surface area contributed by atoms with Crippen LogP contribution in [-0.2, 0) is 24.4 Å². The lowest BCUT2D eigenvalue weighted by atomic mass is 9.48. The molecule has 4 saturated carbocycles. The van der Waals surface area contributed by atoms with Crippen molar-refractivity contribution in [2.24, 2.45) is 17.3 Å². The average molecular weight is 393 g/mol. The van der Waals surface area contributed by atoms with Gasteiger partial charge in [-0.05, 0) is 68.2 Å². The molecular formula is C19H21O7S-. The van der Waals surface area contributed by atoms with E-state index in [9.17, 15) is 22.6 Å². The summed E-state index contributed by atoms with van der Waals surface area (Å²) in [7, 11) is -4.54. The van der Waals surface area contributed by atoms with Crippen LogP contribution in [0.1, 0.15) is 45.4 Å². The molecule has 7 nitrogen and oxygen atoms in total. The zero-order chi connectivity index (χ0) is 19.4. The van der Waals surface area contributed by atoms with Crippen molar-refractivity contribution in [2.75, 3.05) is 0 Å². The van der Waals surface area contributed by atoms with Gasteiger partial charge in [-0.2, -0.15) is 0 Å². The van der Waals surface area contributed by atoms with Crippen LogP contribution in [0.3, 0.4) is 0 Å². The Morgan fingerprint density at radius 2 is 1.67 bits per heavy atom. The van der Waals surface area contributed by atoms with Crippen LogP contribution in [0.2, 0.25) is 0 Å². The summed E-state index contributed by atoms with van der Waals surface area (Å²) in [6, 6.07) is 4.88. The van der Waals surface area contributed by atoms with Crippen molar-refractivity contribution in [1.82, 2.24) is 0 Å². The minimum Gasteiger partial charge on any atom is -0.744 e. The summed E-state index contributed by atoms with van der Waals surface area (Å²) < 4.78 is 44.3. The molecule has 0 saturated heterocycles. The van der Waals surface area contributed by atoms with Crippen LogP contribution in [-0.4, -0.2) is 30.5 Å². The van der Waals surface area contributed by atoms with Gasteiger partial charge in [-0.1, -0.05) is 0 Å². The molecule has 0 amide bonds. The molecule has 0 radical (unpaired) electrons. The van der Waals surface area contributed by atoms with Crippen molar-refractivity contribution in [3.05, 3.63) is 24.3 Å². The molecule has 5 rings (SSSR count). The van der Waals surface area contributed by atoms with Gasteiger partial charge >= 0.3 is 11.9 Å². The van der Waals surface area contributed by atoms with E-state index in [2.05, 4.69) is 0 Å². The third kappa shape index (κ3) is 3.36. The molecule has 1 aromatic rings. The Hall–Kier alpha value is -1.93. The highest BCUT2D eigenvalue weighted by atomic mass is 32.2. The van der Waals surface area contributed by atoms with Crippen LogP contribution < -0.4 is 4.74 Å². The van der Waals surface area contributed by atoms with Gasteiger partial charge in [0.25, 0.3) is 0 Å². The van der Waals surface area contributed by atoms with Gasteiger partial charge in [-0.15, -0.1) is 0 Å². The molecule has 0 aliphatic heterocycles. The molecule has 2 atom stereocenters. The third-order valence-electron chi connectivity index (χ3n) is 6.12. The fourth-order valence-electron chi connectivity index (χ4n) is 5.73. The normalized spacial score (nSPS) is 34.3. The van der Waals surface area contributed by atoms with Gasteiger partial charge in [-0.25, -0.2) is 8.42 Å². The number of carbonyl (C=O) groups is 2. The summed E-state index contributed by atoms with van der Waals surface area (Å²) in [6.45, 7) is 1.40. The summed E-state index contributed by atoms with van der Waals surface area (Å²) in [6.07, 6.45) is 4.56. The number of carbonyl (C=O) groups excluding carboxylic acids is 2. The van der Waals surface area contributed by atoms with Gasteiger partial charge in [-0.3, -0.25) is 9.59 Å². The zero-order valence-corrected chi connectivity index (χ0v) is 15.8. The van der Waals surface area contributed by atoms with E-state index in [1.54, 1.807) is 0 Å². The second-order valence-electron chi connectivity index (χ2n) is 8.33. The zero-order valence-electron chi connectivity index (χ0n) is 15.0.